The number of aromatic nitrogens is 3. The van der Waals surface area contributed by atoms with E-state index in [-0.39, 0.29) is 5.56 Å². The maximum Gasteiger partial charge on any atom is 0.124 e. The van der Waals surface area contributed by atoms with E-state index in [4.69, 9.17) is 0 Å². The molecule has 2 aromatic carbocycles. The third kappa shape index (κ3) is 2.79. The summed E-state index contributed by atoms with van der Waals surface area (Å²) in [5.41, 5.74) is 4.27. The van der Waals surface area contributed by atoms with Crippen molar-refractivity contribution in [3.8, 4) is 17.3 Å². The van der Waals surface area contributed by atoms with Gasteiger partial charge in [0.05, 0.1) is 16.8 Å². The Morgan fingerprint density at radius 1 is 1.04 bits per heavy atom. The van der Waals surface area contributed by atoms with Crippen LogP contribution in [0.15, 0.2) is 60.9 Å². The summed E-state index contributed by atoms with van der Waals surface area (Å²) in [5, 5.41) is 20.7. The van der Waals surface area contributed by atoms with Crippen molar-refractivity contribution in [2.45, 2.75) is 0 Å². The molecule has 0 bridgehead atoms. The number of nitrogens with zero attached hydrogens (tertiary/aromatic N) is 3. The molecule has 4 rings (SSSR count). The van der Waals surface area contributed by atoms with Gasteiger partial charge in [-0.15, -0.1) is 0 Å². The van der Waals surface area contributed by atoms with E-state index < -0.39 is 5.82 Å². The highest BCUT2D eigenvalue weighted by molar-refractivity contribution is 5.95. The molecule has 0 radical (unpaired) electrons. The number of pyridine rings is 1. The minimum Gasteiger partial charge on any atom is -0.354 e. The Labute approximate surface area is 142 Å². The van der Waals surface area contributed by atoms with E-state index in [1.54, 1.807) is 18.5 Å². The molecule has 2 N–H and O–H groups in total. The van der Waals surface area contributed by atoms with Crippen molar-refractivity contribution >= 4 is 22.3 Å². The number of nitriles is 1. The SMILES string of the molecule is N#Cc1cc(F)ccc1Nc1ccc2[nH]nc(-c3ccncc3)c2c1. The van der Waals surface area contributed by atoms with Crippen molar-refractivity contribution in [1.82, 2.24) is 15.2 Å². The first-order chi connectivity index (χ1) is 12.2. The second-order valence-electron chi connectivity index (χ2n) is 5.50. The van der Waals surface area contributed by atoms with Crippen LogP contribution in [-0.2, 0) is 0 Å². The molecule has 0 fully saturated rings. The van der Waals surface area contributed by atoms with Crippen molar-refractivity contribution < 1.29 is 4.39 Å². The highest BCUT2D eigenvalue weighted by atomic mass is 19.1. The van der Waals surface area contributed by atoms with Crippen LogP contribution in [0.1, 0.15) is 5.56 Å². The predicted octanol–water partition coefficient (Wildman–Crippen LogP) is 4.38. The number of fused-ring (bicyclic) bond motifs is 1. The average Bonchev–Trinajstić information content (AvgIpc) is 3.07. The Morgan fingerprint density at radius 3 is 2.68 bits per heavy atom. The summed E-state index contributed by atoms with van der Waals surface area (Å²) >= 11 is 0. The Hall–Kier alpha value is -3.72. The molecule has 2 aromatic heterocycles. The fraction of sp³-hybridized carbons (Fsp3) is 0. The van der Waals surface area contributed by atoms with Crippen molar-refractivity contribution in [2.24, 2.45) is 0 Å². The van der Waals surface area contributed by atoms with Gasteiger partial charge < -0.3 is 5.32 Å². The van der Waals surface area contributed by atoms with Crippen LogP contribution < -0.4 is 5.32 Å². The molecule has 0 saturated heterocycles. The molecule has 25 heavy (non-hydrogen) atoms. The molecule has 2 heterocycles. The molecule has 0 unspecified atom stereocenters. The lowest BCUT2D eigenvalue weighted by Crippen LogP contribution is -1.94. The molecule has 0 aliphatic rings. The third-order valence-electron chi connectivity index (χ3n) is 3.90. The van der Waals surface area contributed by atoms with Crippen molar-refractivity contribution in [3.05, 3.63) is 72.3 Å². The van der Waals surface area contributed by atoms with Gasteiger partial charge in [0.2, 0.25) is 0 Å². The molecule has 0 amide bonds. The summed E-state index contributed by atoms with van der Waals surface area (Å²) in [6.45, 7) is 0. The predicted molar refractivity (Wildman–Crippen MR) is 93.7 cm³/mol. The fourth-order valence-electron chi connectivity index (χ4n) is 2.70. The lowest BCUT2D eigenvalue weighted by molar-refractivity contribution is 0.627. The Morgan fingerprint density at radius 2 is 1.88 bits per heavy atom. The summed E-state index contributed by atoms with van der Waals surface area (Å²) in [6.07, 6.45) is 3.44. The summed E-state index contributed by atoms with van der Waals surface area (Å²) in [6, 6.07) is 15.6. The molecule has 6 heteroatoms. The molecule has 0 spiro atoms. The quantitative estimate of drug-likeness (QED) is 0.585. The van der Waals surface area contributed by atoms with Gasteiger partial charge in [-0.3, -0.25) is 10.1 Å². The van der Waals surface area contributed by atoms with Crippen molar-refractivity contribution in [1.29, 1.82) is 5.26 Å². The number of benzene rings is 2. The van der Waals surface area contributed by atoms with E-state index in [0.717, 1.165) is 27.8 Å². The van der Waals surface area contributed by atoms with Crippen LogP contribution >= 0.6 is 0 Å². The minimum absolute atomic E-state index is 0.252. The zero-order chi connectivity index (χ0) is 17.2. The van der Waals surface area contributed by atoms with Gasteiger partial charge in [0.1, 0.15) is 17.6 Å². The highest BCUT2D eigenvalue weighted by Crippen LogP contribution is 2.30. The number of aromatic amines is 1. The van der Waals surface area contributed by atoms with Crippen molar-refractivity contribution in [2.75, 3.05) is 5.32 Å². The summed E-state index contributed by atoms with van der Waals surface area (Å²) < 4.78 is 13.3. The van der Waals surface area contributed by atoms with E-state index in [9.17, 15) is 9.65 Å². The van der Waals surface area contributed by atoms with Gasteiger partial charge in [0.25, 0.3) is 0 Å². The Balaban J connectivity index is 1.76. The van der Waals surface area contributed by atoms with Crippen LogP contribution in [0.2, 0.25) is 0 Å². The largest absolute Gasteiger partial charge is 0.354 e. The van der Waals surface area contributed by atoms with E-state index >= 15 is 0 Å². The maximum atomic E-state index is 13.3. The monoisotopic (exact) mass is 329 g/mol. The van der Waals surface area contributed by atoms with Crippen LogP contribution in [0.5, 0.6) is 0 Å². The maximum absolute atomic E-state index is 13.3. The molecule has 120 valence electrons. The number of halogens is 1. The number of H-pyrrole nitrogens is 1. The first kappa shape index (κ1) is 14.8. The van der Waals surface area contributed by atoms with Crippen LogP contribution in [0.4, 0.5) is 15.8 Å². The lowest BCUT2D eigenvalue weighted by Gasteiger charge is -2.08. The summed E-state index contributed by atoms with van der Waals surface area (Å²) in [4.78, 5) is 4.02. The zero-order valence-corrected chi connectivity index (χ0v) is 13.0. The second-order valence-corrected chi connectivity index (χ2v) is 5.50. The van der Waals surface area contributed by atoms with E-state index in [2.05, 4.69) is 20.5 Å². The molecule has 4 aromatic rings. The molecule has 0 atom stereocenters. The van der Waals surface area contributed by atoms with Crippen LogP contribution in [0.3, 0.4) is 0 Å². The molecule has 0 aliphatic carbocycles. The average molecular weight is 329 g/mol. The third-order valence-corrected chi connectivity index (χ3v) is 3.90. The van der Waals surface area contributed by atoms with Gasteiger partial charge in [-0.2, -0.15) is 10.4 Å². The van der Waals surface area contributed by atoms with Crippen molar-refractivity contribution in [3.63, 3.8) is 0 Å². The molecule has 0 saturated carbocycles. The molecular formula is C19H12FN5. The van der Waals surface area contributed by atoms with Gasteiger partial charge in [0.15, 0.2) is 0 Å². The number of hydrogen-bond acceptors (Lipinski definition) is 4. The Bertz CT molecular complexity index is 1100. The first-order valence-corrected chi connectivity index (χ1v) is 7.60. The summed E-state index contributed by atoms with van der Waals surface area (Å²) in [5.74, 6) is -0.438. The van der Waals surface area contributed by atoms with Gasteiger partial charge in [-0.05, 0) is 48.5 Å². The molecular weight excluding hydrogens is 317 g/mol. The topological polar surface area (TPSA) is 77.4 Å². The van der Waals surface area contributed by atoms with Crippen LogP contribution in [0.25, 0.3) is 22.2 Å². The summed E-state index contributed by atoms with van der Waals surface area (Å²) in [7, 11) is 0. The van der Waals surface area contributed by atoms with Gasteiger partial charge in [-0.25, -0.2) is 4.39 Å². The number of anilines is 2. The van der Waals surface area contributed by atoms with Gasteiger partial charge in [-0.1, -0.05) is 0 Å². The standard InChI is InChI=1S/C19H12FN5/c20-14-1-3-17(13(9-14)11-21)23-15-2-4-18-16(10-15)19(25-24-18)12-5-7-22-8-6-12/h1-10,23H,(H,24,25). The van der Waals surface area contributed by atoms with E-state index in [1.807, 2.05) is 36.4 Å². The van der Waals surface area contributed by atoms with Crippen LogP contribution in [0, 0.1) is 17.1 Å². The van der Waals surface area contributed by atoms with Crippen LogP contribution in [-0.4, -0.2) is 15.2 Å². The number of nitrogens with one attached hydrogen (secondary N) is 2. The van der Waals surface area contributed by atoms with Gasteiger partial charge in [0, 0.05) is 29.0 Å². The van der Waals surface area contributed by atoms with E-state index in [1.165, 1.54) is 12.1 Å². The highest BCUT2D eigenvalue weighted by Gasteiger charge is 2.10. The number of hydrogen-bond donors (Lipinski definition) is 2. The second kappa shape index (κ2) is 6.06. The van der Waals surface area contributed by atoms with E-state index in [0.29, 0.717) is 5.69 Å². The molecule has 5 nitrogen and oxygen atoms in total. The fourth-order valence-corrected chi connectivity index (χ4v) is 2.70. The minimum atomic E-state index is -0.438. The zero-order valence-electron chi connectivity index (χ0n) is 13.0. The smallest absolute Gasteiger partial charge is 0.124 e. The normalized spacial score (nSPS) is 10.6. The first-order valence-electron chi connectivity index (χ1n) is 7.60. The molecule has 0 aliphatic heterocycles. The Kier molecular flexibility index (Phi) is 3.60. The van der Waals surface area contributed by atoms with Gasteiger partial charge >= 0.3 is 0 Å². The number of rotatable bonds is 3. The lowest BCUT2D eigenvalue weighted by atomic mass is 10.1.